The predicted octanol–water partition coefficient (Wildman–Crippen LogP) is 18.1. The van der Waals surface area contributed by atoms with E-state index in [1.54, 1.807) is 0 Å². The SMILES string of the molecule is c1ccc(-c2ccc(N(c3ccc4c(c3)C(c3ccccc3)(c3ccccc3)c3ccccc3-4)c3cccc4c3oc3c(-n5c6ccccc6c6ccccc65)c5c(cc34)oc3ccccc35)cc2)cc1. The third kappa shape index (κ3) is 5.67. The van der Waals surface area contributed by atoms with E-state index in [2.05, 4.69) is 258 Å². The highest BCUT2D eigenvalue weighted by molar-refractivity contribution is 6.23. The minimum Gasteiger partial charge on any atom is -0.456 e. The zero-order valence-corrected chi connectivity index (χ0v) is 38.5. The highest BCUT2D eigenvalue weighted by Crippen LogP contribution is 2.58. The number of fused-ring (bicyclic) bond motifs is 12. The van der Waals surface area contributed by atoms with Gasteiger partial charge in [-0.05, 0) is 99.1 Å². The Morgan fingerprint density at radius 2 is 0.915 bits per heavy atom. The molecule has 3 aromatic heterocycles. The first-order valence-electron chi connectivity index (χ1n) is 24.3. The molecule has 0 saturated carbocycles. The number of anilines is 3. The highest BCUT2D eigenvalue weighted by Gasteiger charge is 2.46. The van der Waals surface area contributed by atoms with Crippen LogP contribution in [0, 0.1) is 0 Å². The molecule has 1 aliphatic carbocycles. The van der Waals surface area contributed by atoms with Gasteiger partial charge in [0.05, 0.1) is 27.5 Å². The summed E-state index contributed by atoms with van der Waals surface area (Å²) in [5.41, 5.74) is 18.6. The zero-order valence-electron chi connectivity index (χ0n) is 38.5. The smallest absolute Gasteiger partial charge is 0.160 e. The summed E-state index contributed by atoms with van der Waals surface area (Å²) in [6.07, 6.45) is 0. The standard InChI is InChI=1S/C67H42N2O2/c1-4-19-43(20-5-1)44-35-37-47(38-36-44)68(48-39-40-50-49-25-10-14-30-56(49)67(57(50)41-48,45-21-6-2-7-22-45)46-23-8-3-9-24-46)60-33-18-29-53-55-42-62-63(54-28-13-17-34-61(54)70-62)64(66(55)71-65(53)60)69-58-31-15-11-26-51(58)52-27-12-16-32-59(52)69/h1-42H. The van der Waals surface area contributed by atoms with Gasteiger partial charge in [-0.1, -0.05) is 200 Å². The Balaban J connectivity index is 1.03. The number of rotatable bonds is 7. The van der Waals surface area contributed by atoms with E-state index >= 15 is 0 Å². The molecule has 0 unspecified atom stereocenters. The van der Waals surface area contributed by atoms with Gasteiger partial charge in [0.25, 0.3) is 0 Å². The van der Waals surface area contributed by atoms with Gasteiger partial charge in [0.15, 0.2) is 11.2 Å². The summed E-state index contributed by atoms with van der Waals surface area (Å²) in [4.78, 5) is 2.39. The van der Waals surface area contributed by atoms with E-state index in [9.17, 15) is 0 Å². The Hall–Kier alpha value is -9.38. The molecule has 15 rings (SSSR count). The second-order valence-corrected chi connectivity index (χ2v) is 18.7. The quantitative estimate of drug-likeness (QED) is 0.160. The average molecular weight is 907 g/mol. The molecular weight excluding hydrogens is 865 g/mol. The topological polar surface area (TPSA) is 34.5 Å². The summed E-state index contributed by atoms with van der Waals surface area (Å²) in [5.74, 6) is 0. The molecule has 0 radical (unpaired) electrons. The molecule has 0 fully saturated rings. The molecular formula is C67H42N2O2. The third-order valence-corrected chi connectivity index (χ3v) is 15.1. The molecule has 3 heterocycles. The zero-order chi connectivity index (χ0) is 46.6. The molecule has 1 aliphatic rings. The monoisotopic (exact) mass is 906 g/mol. The van der Waals surface area contributed by atoms with Crippen molar-refractivity contribution >= 4 is 82.7 Å². The minimum atomic E-state index is -0.577. The Morgan fingerprint density at radius 1 is 0.352 bits per heavy atom. The number of hydrogen-bond acceptors (Lipinski definition) is 3. The van der Waals surface area contributed by atoms with Gasteiger partial charge in [0, 0.05) is 38.3 Å². The van der Waals surface area contributed by atoms with Crippen LogP contribution in [-0.4, -0.2) is 4.57 Å². The third-order valence-electron chi connectivity index (χ3n) is 15.1. The van der Waals surface area contributed by atoms with Crippen LogP contribution in [0.5, 0.6) is 0 Å². The number of nitrogens with zero attached hydrogens (tertiary/aromatic N) is 2. The molecule has 0 amide bonds. The van der Waals surface area contributed by atoms with E-state index in [0.29, 0.717) is 0 Å². The van der Waals surface area contributed by atoms with Crippen LogP contribution in [-0.2, 0) is 5.41 Å². The predicted molar refractivity (Wildman–Crippen MR) is 293 cm³/mol. The van der Waals surface area contributed by atoms with E-state index in [1.165, 1.54) is 49.7 Å². The highest BCUT2D eigenvalue weighted by atomic mass is 16.3. The summed E-state index contributed by atoms with van der Waals surface area (Å²) in [6, 6.07) is 92.1. The molecule has 14 aromatic rings. The van der Waals surface area contributed by atoms with Crippen LogP contribution in [0.4, 0.5) is 17.1 Å². The van der Waals surface area contributed by atoms with Gasteiger partial charge in [-0.25, -0.2) is 0 Å². The fourth-order valence-electron chi connectivity index (χ4n) is 12.1. The Kier molecular flexibility index (Phi) is 8.54. The Bertz CT molecular complexity index is 4300. The van der Waals surface area contributed by atoms with Crippen LogP contribution in [0.15, 0.2) is 264 Å². The van der Waals surface area contributed by atoms with E-state index < -0.39 is 5.41 Å². The lowest BCUT2D eigenvalue weighted by Gasteiger charge is -2.35. The molecule has 4 nitrogen and oxygen atoms in total. The Morgan fingerprint density at radius 3 is 1.63 bits per heavy atom. The largest absolute Gasteiger partial charge is 0.456 e. The van der Waals surface area contributed by atoms with Crippen molar-refractivity contribution in [1.29, 1.82) is 0 Å². The molecule has 0 aliphatic heterocycles. The van der Waals surface area contributed by atoms with E-state index in [4.69, 9.17) is 8.83 Å². The first kappa shape index (κ1) is 39.6. The fourth-order valence-corrected chi connectivity index (χ4v) is 12.1. The first-order chi connectivity index (χ1) is 35.2. The van der Waals surface area contributed by atoms with E-state index in [1.807, 2.05) is 6.07 Å². The van der Waals surface area contributed by atoms with Crippen molar-refractivity contribution in [1.82, 2.24) is 4.57 Å². The number of aromatic nitrogens is 1. The molecule has 332 valence electrons. The van der Waals surface area contributed by atoms with Crippen LogP contribution in [0.25, 0.3) is 93.6 Å². The van der Waals surface area contributed by atoms with Crippen molar-refractivity contribution in [2.75, 3.05) is 4.90 Å². The molecule has 71 heavy (non-hydrogen) atoms. The van der Waals surface area contributed by atoms with Crippen molar-refractivity contribution < 1.29 is 8.83 Å². The summed E-state index contributed by atoms with van der Waals surface area (Å²) in [6.45, 7) is 0. The van der Waals surface area contributed by atoms with Crippen molar-refractivity contribution in [2.24, 2.45) is 0 Å². The number of furan rings is 2. The second-order valence-electron chi connectivity index (χ2n) is 18.7. The van der Waals surface area contributed by atoms with Gasteiger partial charge < -0.3 is 18.3 Å². The molecule has 11 aromatic carbocycles. The minimum absolute atomic E-state index is 0.577. The molecule has 4 heteroatoms. The lowest BCUT2D eigenvalue weighted by Crippen LogP contribution is -2.28. The van der Waals surface area contributed by atoms with E-state index in [-0.39, 0.29) is 0 Å². The fraction of sp³-hybridized carbons (Fsp3) is 0.0149. The van der Waals surface area contributed by atoms with Gasteiger partial charge in [-0.3, -0.25) is 0 Å². The first-order valence-corrected chi connectivity index (χ1v) is 24.3. The molecule has 0 atom stereocenters. The van der Waals surface area contributed by atoms with E-state index in [0.717, 1.165) is 83.2 Å². The van der Waals surface area contributed by atoms with Gasteiger partial charge in [0.2, 0.25) is 0 Å². The lowest BCUT2D eigenvalue weighted by molar-refractivity contribution is 0.662. The van der Waals surface area contributed by atoms with Crippen LogP contribution in [0.3, 0.4) is 0 Å². The summed E-state index contributed by atoms with van der Waals surface area (Å²) < 4.78 is 16.8. The molecule has 0 spiro atoms. The van der Waals surface area contributed by atoms with Gasteiger partial charge in [-0.15, -0.1) is 0 Å². The van der Waals surface area contributed by atoms with Crippen molar-refractivity contribution in [3.63, 3.8) is 0 Å². The summed E-state index contributed by atoms with van der Waals surface area (Å²) in [5, 5.41) is 6.42. The molecule has 0 N–H and O–H groups in total. The molecule has 0 bridgehead atoms. The maximum absolute atomic E-state index is 7.60. The normalized spacial score (nSPS) is 12.9. The van der Waals surface area contributed by atoms with Crippen LogP contribution < -0.4 is 4.90 Å². The summed E-state index contributed by atoms with van der Waals surface area (Å²) >= 11 is 0. The maximum Gasteiger partial charge on any atom is 0.160 e. The summed E-state index contributed by atoms with van der Waals surface area (Å²) in [7, 11) is 0. The van der Waals surface area contributed by atoms with Gasteiger partial charge >= 0.3 is 0 Å². The Labute approximate surface area is 409 Å². The number of para-hydroxylation sites is 4. The molecule has 0 saturated heterocycles. The second kappa shape index (κ2) is 15.3. The number of hydrogen-bond donors (Lipinski definition) is 0. The van der Waals surface area contributed by atoms with Crippen molar-refractivity contribution in [2.45, 2.75) is 5.41 Å². The lowest BCUT2D eigenvalue weighted by atomic mass is 9.67. The van der Waals surface area contributed by atoms with Crippen molar-refractivity contribution in [3.8, 4) is 27.9 Å². The van der Waals surface area contributed by atoms with Crippen LogP contribution in [0.2, 0.25) is 0 Å². The van der Waals surface area contributed by atoms with Gasteiger partial charge in [0.1, 0.15) is 16.9 Å². The van der Waals surface area contributed by atoms with Gasteiger partial charge in [-0.2, -0.15) is 0 Å². The number of benzene rings is 11. The van der Waals surface area contributed by atoms with Crippen LogP contribution in [0.1, 0.15) is 22.3 Å². The average Bonchev–Trinajstić information content (AvgIpc) is 4.19. The van der Waals surface area contributed by atoms with Crippen molar-refractivity contribution in [3.05, 3.63) is 277 Å². The maximum atomic E-state index is 7.60. The van der Waals surface area contributed by atoms with Crippen LogP contribution >= 0.6 is 0 Å².